The summed E-state index contributed by atoms with van der Waals surface area (Å²) in [5.74, 6) is -0.341. The Morgan fingerprint density at radius 1 is 1.06 bits per heavy atom. The molecule has 0 aliphatic heterocycles. The number of hydrogen-bond acceptors (Lipinski definition) is 3. The molecule has 0 radical (unpaired) electrons. The SMILES string of the molecule is CCC(N)(CC)CNC(=O)CNC(=O)C(C)(C)C. The summed E-state index contributed by atoms with van der Waals surface area (Å²) >= 11 is 0. The highest BCUT2D eigenvalue weighted by Gasteiger charge is 2.23. The van der Waals surface area contributed by atoms with Gasteiger partial charge in [0.1, 0.15) is 0 Å². The molecule has 0 saturated carbocycles. The van der Waals surface area contributed by atoms with Crippen LogP contribution in [-0.4, -0.2) is 30.4 Å². The highest BCUT2D eigenvalue weighted by atomic mass is 16.2. The van der Waals surface area contributed by atoms with E-state index in [2.05, 4.69) is 10.6 Å². The molecule has 4 N–H and O–H groups in total. The fourth-order valence-corrected chi connectivity index (χ4v) is 1.26. The fourth-order valence-electron chi connectivity index (χ4n) is 1.26. The molecule has 0 aliphatic carbocycles. The van der Waals surface area contributed by atoms with Gasteiger partial charge in [-0.3, -0.25) is 9.59 Å². The summed E-state index contributed by atoms with van der Waals surface area (Å²) in [6.45, 7) is 9.84. The van der Waals surface area contributed by atoms with Crippen molar-refractivity contribution in [1.29, 1.82) is 0 Å². The number of hydrogen-bond donors (Lipinski definition) is 3. The third kappa shape index (κ3) is 6.00. The molecule has 0 aliphatic rings. The molecule has 5 heteroatoms. The lowest BCUT2D eigenvalue weighted by Gasteiger charge is -2.27. The van der Waals surface area contributed by atoms with E-state index in [1.54, 1.807) is 20.8 Å². The molecule has 0 aromatic carbocycles. The standard InChI is InChI=1S/C13H27N3O2/c1-6-13(14,7-2)9-16-10(17)8-15-11(18)12(3,4)5/h6-9,14H2,1-5H3,(H,15,18)(H,16,17). The van der Waals surface area contributed by atoms with Gasteiger partial charge in [-0.15, -0.1) is 0 Å². The summed E-state index contributed by atoms with van der Waals surface area (Å²) in [5, 5.41) is 5.36. The first-order valence-corrected chi connectivity index (χ1v) is 6.48. The third-order valence-electron chi connectivity index (χ3n) is 3.14. The van der Waals surface area contributed by atoms with Gasteiger partial charge < -0.3 is 16.4 Å². The van der Waals surface area contributed by atoms with Gasteiger partial charge in [0.2, 0.25) is 11.8 Å². The second-order valence-corrected chi connectivity index (χ2v) is 5.78. The quantitative estimate of drug-likeness (QED) is 0.657. The summed E-state index contributed by atoms with van der Waals surface area (Å²) in [7, 11) is 0. The van der Waals surface area contributed by atoms with Crippen LogP contribution in [0.3, 0.4) is 0 Å². The van der Waals surface area contributed by atoms with E-state index in [0.29, 0.717) is 6.54 Å². The first-order chi connectivity index (χ1) is 8.14. The van der Waals surface area contributed by atoms with Crippen molar-refractivity contribution in [2.45, 2.75) is 53.0 Å². The van der Waals surface area contributed by atoms with Crippen molar-refractivity contribution < 1.29 is 9.59 Å². The molecule has 0 unspecified atom stereocenters. The minimum atomic E-state index is -0.481. The Bertz CT molecular complexity index is 291. The van der Waals surface area contributed by atoms with Crippen molar-refractivity contribution in [2.24, 2.45) is 11.1 Å². The third-order valence-corrected chi connectivity index (χ3v) is 3.14. The molecule has 0 saturated heterocycles. The Morgan fingerprint density at radius 2 is 1.56 bits per heavy atom. The van der Waals surface area contributed by atoms with Crippen LogP contribution in [0.15, 0.2) is 0 Å². The van der Waals surface area contributed by atoms with Gasteiger partial charge in [-0.05, 0) is 12.8 Å². The van der Waals surface area contributed by atoms with Gasteiger partial charge in [0.05, 0.1) is 6.54 Å². The Hall–Kier alpha value is -1.10. The molecule has 0 spiro atoms. The van der Waals surface area contributed by atoms with Crippen molar-refractivity contribution in [3.8, 4) is 0 Å². The molecule has 0 heterocycles. The average molecular weight is 257 g/mol. The lowest BCUT2D eigenvalue weighted by molar-refractivity contribution is -0.131. The molecule has 18 heavy (non-hydrogen) atoms. The maximum Gasteiger partial charge on any atom is 0.239 e. The predicted molar refractivity (Wildman–Crippen MR) is 73.0 cm³/mol. The topological polar surface area (TPSA) is 84.2 Å². The van der Waals surface area contributed by atoms with E-state index >= 15 is 0 Å². The molecule has 0 aromatic heterocycles. The van der Waals surface area contributed by atoms with E-state index in [1.165, 1.54) is 0 Å². The highest BCUT2D eigenvalue weighted by molar-refractivity contribution is 5.87. The Morgan fingerprint density at radius 3 is 1.94 bits per heavy atom. The van der Waals surface area contributed by atoms with Crippen LogP contribution in [0.25, 0.3) is 0 Å². The van der Waals surface area contributed by atoms with Gasteiger partial charge in [-0.25, -0.2) is 0 Å². The summed E-state index contributed by atoms with van der Waals surface area (Å²) < 4.78 is 0. The van der Waals surface area contributed by atoms with E-state index in [1.807, 2.05) is 13.8 Å². The van der Waals surface area contributed by atoms with Crippen LogP contribution in [0.1, 0.15) is 47.5 Å². The summed E-state index contributed by atoms with van der Waals surface area (Å²) in [6, 6.07) is 0. The van der Waals surface area contributed by atoms with Crippen molar-refractivity contribution in [3.05, 3.63) is 0 Å². The molecule has 0 rings (SSSR count). The molecule has 106 valence electrons. The minimum Gasteiger partial charge on any atom is -0.353 e. The number of amides is 2. The number of carbonyl (C=O) groups excluding carboxylic acids is 2. The molecular weight excluding hydrogens is 230 g/mol. The van der Waals surface area contributed by atoms with Gasteiger partial charge in [0.25, 0.3) is 0 Å². The summed E-state index contributed by atoms with van der Waals surface area (Å²) in [5.41, 5.74) is 5.23. The Kier molecular flexibility index (Phi) is 6.32. The minimum absolute atomic E-state index is 0.000385. The van der Waals surface area contributed by atoms with E-state index in [9.17, 15) is 9.59 Å². The van der Waals surface area contributed by atoms with Crippen molar-refractivity contribution in [2.75, 3.05) is 13.1 Å². The second kappa shape index (κ2) is 6.73. The first kappa shape index (κ1) is 16.9. The van der Waals surface area contributed by atoms with E-state index in [-0.39, 0.29) is 23.9 Å². The first-order valence-electron chi connectivity index (χ1n) is 6.48. The largest absolute Gasteiger partial charge is 0.353 e. The smallest absolute Gasteiger partial charge is 0.239 e. The van der Waals surface area contributed by atoms with E-state index in [0.717, 1.165) is 12.8 Å². The monoisotopic (exact) mass is 257 g/mol. The number of nitrogens with one attached hydrogen (secondary N) is 2. The molecule has 0 atom stereocenters. The van der Waals surface area contributed by atoms with Crippen molar-refractivity contribution in [3.63, 3.8) is 0 Å². The van der Waals surface area contributed by atoms with Crippen LogP contribution in [0, 0.1) is 5.41 Å². The highest BCUT2D eigenvalue weighted by Crippen LogP contribution is 2.12. The van der Waals surface area contributed by atoms with E-state index < -0.39 is 5.41 Å². The van der Waals surface area contributed by atoms with Crippen LogP contribution in [-0.2, 0) is 9.59 Å². The van der Waals surface area contributed by atoms with Gasteiger partial charge in [-0.1, -0.05) is 34.6 Å². The maximum absolute atomic E-state index is 11.6. The lowest BCUT2D eigenvalue weighted by atomic mass is 9.94. The maximum atomic E-state index is 11.6. The van der Waals surface area contributed by atoms with Crippen molar-refractivity contribution >= 4 is 11.8 Å². The lowest BCUT2D eigenvalue weighted by Crippen LogP contribution is -2.51. The molecule has 0 fully saturated rings. The van der Waals surface area contributed by atoms with Crippen LogP contribution >= 0.6 is 0 Å². The van der Waals surface area contributed by atoms with Crippen LogP contribution < -0.4 is 16.4 Å². The number of carbonyl (C=O) groups is 2. The summed E-state index contributed by atoms with van der Waals surface area (Å²) in [4.78, 5) is 23.1. The van der Waals surface area contributed by atoms with Crippen LogP contribution in [0.4, 0.5) is 0 Å². The van der Waals surface area contributed by atoms with Crippen LogP contribution in [0.2, 0.25) is 0 Å². The zero-order valence-corrected chi connectivity index (χ0v) is 12.2. The van der Waals surface area contributed by atoms with Crippen LogP contribution in [0.5, 0.6) is 0 Å². The Balaban J connectivity index is 4.04. The predicted octanol–water partition coefficient (Wildman–Crippen LogP) is 0.782. The zero-order chi connectivity index (χ0) is 14.4. The van der Waals surface area contributed by atoms with Crippen molar-refractivity contribution in [1.82, 2.24) is 10.6 Å². The number of nitrogens with two attached hydrogens (primary N) is 1. The van der Waals surface area contributed by atoms with Gasteiger partial charge in [0.15, 0.2) is 0 Å². The molecule has 0 aromatic rings. The molecule has 5 nitrogen and oxygen atoms in total. The second-order valence-electron chi connectivity index (χ2n) is 5.78. The zero-order valence-electron chi connectivity index (χ0n) is 12.2. The molecular formula is C13H27N3O2. The van der Waals surface area contributed by atoms with Gasteiger partial charge in [-0.2, -0.15) is 0 Å². The van der Waals surface area contributed by atoms with Gasteiger partial charge >= 0.3 is 0 Å². The Labute approximate surface area is 110 Å². The molecule has 2 amide bonds. The number of rotatable bonds is 6. The average Bonchev–Trinajstić information content (AvgIpc) is 2.31. The normalized spacial score (nSPS) is 12.1. The van der Waals surface area contributed by atoms with E-state index in [4.69, 9.17) is 5.73 Å². The summed E-state index contributed by atoms with van der Waals surface area (Å²) in [6.07, 6.45) is 1.61. The van der Waals surface area contributed by atoms with Gasteiger partial charge in [0, 0.05) is 17.5 Å². The fraction of sp³-hybridized carbons (Fsp3) is 0.846. The molecule has 0 bridgehead atoms.